The molecule has 6 rings (SSSR count). The standard InChI is InChI=1S/C27H35N3O5/c1-18(31)30-9-7-27(8-10-30,22-5-3-2-4-6-22)24(33)35-17-23(32)28-25(34)29-26-14-19-11-20(15-26)13-21(12-19)16-26/h2-6,19-21H,7-17H2,1H3,(H2,28,29,32,34). The number of nitrogens with one attached hydrogen (secondary N) is 2. The number of carbonyl (C=O) groups excluding carboxylic acids is 4. The molecule has 4 aliphatic carbocycles. The summed E-state index contributed by atoms with van der Waals surface area (Å²) in [5.74, 6) is 0.892. The number of imide groups is 1. The van der Waals surface area contributed by atoms with Gasteiger partial charge in [-0.3, -0.25) is 19.7 Å². The zero-order valence-electron chi connectivity index (χ0n) is 20.4. The van der Waals surface area contributed by atoms with E-state index in [0.29, 0.717) is 43.7 Å². The van der Waals surface area contributed by atoms with Gasteiger partial charge in [-0.25, -0.2) is 4.79 Å². The minimum absolute atomic E-state index is 0.0237. The second kappa shape index (κ2) is 9.28. The van der Waals surface area contributed by atoms with Crippen LogP contribution < -0.4 is 10.6 Å². The molecule has 1 heterocycles. The first-order chi connectivity index (χ1) is 16.8. The molecule has 0 aromatic heterocycles. The van der Waals surface area contributed by atoms with Gasteiger partial charge in [0.15, 0.2) is 6.61 Å². The maximum absolute atomic E-state index is 13.3. The number of benzene rings is 1. The Morgan fingerprint density at radius 1 is 0.943 bits per heavy atom. The van der Waals surface area contributed by atoms with Crippen molar-refractivity contribution in [2.75, 3.05) is 19.7 Å². The highest BCUT2D eigenvalue weighted by atomic mass is 16.5. The number of rotatable bonds is 5. The van der Waals surface area contributed by atoms with Crippen molar-refractivity contribution in [2.45, 2.75) is 69.2 Å². The number of amides is 4. The fourth-order valence-electron chi connectivity index (χ4n) is 7.54. The van der Waals surface area contributed by atoms with Crippen molar-refractivity contribution in [1.82, 2.24) is 15.5 Å². The number of hydrogen-bond donors (Lipinski definition) is 2. The maximum atomic E-state index is 13.3. The molecule has 1 aromatic rings. The molecule has 8 heteroatoms. The highest BCUT2D eigenvalue weighted by Gasteiger charge is 2.51. The lowest BCUT2D eigenvalue weighted by Crippen LogP contribution is -2.62. The number of nitrogens with zero attached hydrogens (tertiary/aromatic N) is 1. The van der Waals surface area contributed by atoms with E-state index in [1.165, 1.54) is 26.2 Å². The van der Waals surface area contributed by atoms with E-state index in [1.54, 1.807) is 4.90 Å². The van der Waals surface area contributed by atoms with E-state index in [0.717, 1.165) is 24.8 Å². The van der Waals surface area contributed by atoms with Crippen molar-refractivity contribution in [1.29, 1.82) is 0 Å². The Morgan fingerprint density at radius 3 is 2.06 bits per heavy atom. The Bertz CT molecular complexity index is 964. The van der Waals surface area contributed by atoms with Crippen LogP contribution in [0.4, 0.5) is 4.79 Å². The van der Waals surface area contributed by atoms with E-state index in [4.69, 9.17) is 4.74 Å². The highest BCUT2D eigenvalue weighted by Crippen LogP contribution is 2.55. The summed E-state index contributed by atoms with van der Waals surface area (Å²) in [7, 11) is 0. The fraction of sp³-hybridized carbons (Fsp3) is 0.630. The van der Waals surface area contributed by atoms with Crippen LogP contribution in [-0.2, 0) is 24.5 Å². The monoisotopic (exact) mass is 481 g/mol. The molecule has 4 saturated carbocycles. The van der Waals surface area contributed by atoms with Crippen LogP contribution in [0.25, 0.3) is 0 Å². The predicted molar refractivity (Wildman–Crippen MR) is 128 cm³/mol. The average molecular weight is 482 g/mol. The SMILES string of the molecule is CC(=O)N1CCC(C(=O)OCC(=O)NC(=O)NC23CC4CC(CC(C4)C2)C3)(c2ccccc2)CC1. The van der Waals surface area contributed by atoms with Crippen LogP contribution in [-0.4, -0.2) is 54.0 Å². The third kappa shape index (κ3) is 4.80. The summed E-state index contributed by atoms with van der Waals surface area (Å²) < 4.78 is 5.46. The van der Waals surface area contributed by atoms with Gasteiger partial charge >= 0.3 is 12.0 Å². The summed E-state index contributed by atoms with van der Waals surface area (Å²) in [5, 5.41) is 5.47. The largest absolute Gasteiger partial charge is 0.455 e. The number of hydrogen-bond acceptors (Lipinski definition) is 5. The molecule has 0 atom stereocenters. The van der Waals surface area contributed by atoms with E-state index in [9.17, 15) is 19.2 Å². The first-order valence-corrected chi connectivity index (χ1v) is 12.9. The van der Waals surface area contributed by atoms with Gasteiger partial charge in [-0.05, 0) is 74.7 Å². The zero-order chi connectivity index (χ0) is 24.6. The average Bonchev–Trinajstić information content (AvgIpc) is 2.81. The molecule has 5 fully saturated rings. The van der Waals surface area contributed by atoms with Gasteiger partial charge in [0.2, 0.25) is 5.91 Å². The van der Waals surface area contributed by atoms with E-state index in [2.05, 4.69) is 10.6 Å². The molecule has 0 spiro atoms. The van der Waals surface area contributed by atoms with Crippen LogP contribution in [0, 0.1) is 17.8 Å². The van der Waals surface area contributed by atoms with E-state index in [1.807, 2.05) is 30.3 Å². The van der Waals surface area contributed by atoms with Gasteiger partial charge in [0.25, 0.3) is 5.91 Å². The summed E-state index contributed by atoms with van der Waals surface area (Å²) in [4.78, 5) is 51.9. The summed E-state index contributed by atoms with van der Waals surface area (Å²) >= 11 is 0. The molecular formula is C27H35N3O5. The molecule has 4 amide bonds. The minimum Gasteiger partial charge on any atom is -0.455 e. The van der Waals surface area contributed by atoms with Crippen LogP contribution >= 0.6 is 0 Å². The quantitative estimate of drug-likeness (QED) is 0.630. The number of likely N-dealkylation sites (tertiary alicyclic amines) is 1. The smallest absolute Gasteiger partial charge is 0.321 e. The Hall–Kier alpha value is -2.90. The van der Waals surface area contributed by atoms with Crippen molar-refractivity contribution in [2.24, 2.45) is 17.8 Å². The van der Waals surface area contributed by atoms with Gasteiger partial charge in [-0.15, -0.1) is 0 Å². The van der Waals surface area contributed by atoms with Crippen molar-refractivity contribution < 1.29 is 23.9 Å². The molecule has 5 aliphatic rings. The predicted octanol–water partition coefficient (Wildman–Crippen LogP) is 2.90. The Morgan fingerprint density at radius 2 is 1.51 bits per heavy atom. The van der Waals surface area contributed by atoms with Gasteiger partial charge in [0.05, 0.1) is 5.41 Å². The third-order valence-electron chi connectivity index (χ3n) is 8.78. The normalized spacial score (nSPS) is 30.4. The molecule has 0 radical (unpaired) electrons. The molecule has 35 heavy (non-hydrogen) atoms. The Labute approximate surface area is 206 Å². The highest BCUT2D eigenvalue weighted by molar-refractivity contribution is 5.96. The summed E-state index contributed by atoms with van der Waals surface area (Å²) in [6.07, 6.45) is 7.62. The van der Waals surface area contributed by atoms with E-state index in [-0.39, 0.29) is 11.4 Å². The lowest BCUT2D eigenvalue weighted by atomic mass is 9.53. The van der Waals surface area contributed by atoms with Gasteiger partial charge in [0, 0.05) is 25.6 Å². The molecule has 8 nitrogen and oxygen atoms in total. The number of urea groups is 1. The Kier molecular flexibility index (Phi) is 6.32. The van der Waals surface area contributed by atoms with Crippen molar-refractivity contribution in [3.63, 3.8) is 0 Å². The second-order valence-corrected chi connectivity index (χ2v) is 11.2. The van der Waals surface area contributed by atoms with Crippen LogP contribution in [0.5, 0.6) is 0 Å². The third-order valence-corrected chi connectivity index (χ3v) is 8.78. The second-order valence-electron chi connectivity index (χ2n) is 11.2. The van der Waals surface area contributed by atoms with Gasteiger partial charge in [0.1, 0.15) is 0 Å². The molecule has 1 saturated heterocycles. The van der Waals surface area contributed by atoms with Crippen molar-refractivity contribution in [3.05, 3.63) is 35.9 Å². The zero-order valence-corrected chi connectivity index (χ0v) is 20.4. The summed E-state index contributed by atoms with van der Waals surface area (Å²) in [6, 6.07) is 8.86. The van der Waals surface area contributed by atoms with Gasteiger partial charge < -0.3 is 15.0 Å². The topological polar surface area (TPSA) is 105 Å². The molecule has 0 unspecified atom stereocenters. The van der Waals surface area contributed by atoms with Gasteiger partial charge in [-0.2, -0.15) is 0 Å². The van der Waals surface area contributed by atoms with E-state index >= 15 is 0 Å². The Balaban J connectivity index is 1.17. The van der Waals surface area contributed by atoms with E-state index < -0.39 is 29.9 Å². The molecule has 2 N–H and O–H groups in total. The van der Waals surface area contributed by atoms with Gasteiger partial charge in [-0.1, -0.05) is 30.3 Å². The first kappa shape index (κ1) is 23.8. The fourth-order valence-corrected chi connectivity index (χ4v) is 7.54. The lowest BCUT2D eigenvalue weighted by molar-refractivity contribution is -0.157. The molecule has 1 aliphatic heterocycles. The number of ether oxygens (including phenoxy) is 1. The summed E-state index contributed by atoms with van der Waals surface area (Å²) in [5.41, 5.74) is -0.305. The van der Waals surface area contributed by atoms with Crippen LogP contribution in [0.2, 0.25) is 0 Å². The van der Waals surface area contributed by atoms with Crippen LogP contribution in [0.1, 0.15) is 63.9 Å². The molecule has 1 aromatic carbocycles. The number of esters is 1. The number of piperidine rings is 1. The molecular weight excluding hydrogens is 446 g/mol. The summed E-state index contributed by atoms with van der Waals surface area (Å²) in [6.45, 7) is 1.89. The maximum Gasteiger partial charge on any atom is 0.321 e. The first-order valence-electron chi connectivity index (χ1n) is 12.9. The number of carbonyl (C=O) groups is 4. The molecule has 188 valence electrons. The lowest BCUT2D eigenvalue weighted by Gasteiger charge is -2.56. The minimum atomic E-state index is -0.922. The van der Waals surface area contributed by atoms with Crippen molar-refractivity contribution >= 4 is 23.8 Å². The molecule has 4 bridgehead atoms. The van der Waals surface area contributed by atoms with Crippen LogP contribution in [0.15, 0.2) is 30.3 Å². The van der Waals surface area contributed by atoms with Crippen molar-refractivity contribution in [3.8, 4) is 0 Å². The van der Waals surface area contributed by atoms with Crippen LogP contribution in [0.3, 0.4) is 0 Å².